The minimum absolute atomic E-state index is 0.233. The Labute approximate surface area is 102 Å². The van der Waals surface area contributed by atoms with Crippen molar-refractivity contribution in [2.45, 2.75) is 38.1 Å². The SMILES string of the molecule is COCCCC(NC(=O)CCCCN)C(=O)O. The Bertz CT molecular complexity index is 234. The number of nitrogens with one attached hydrogen (secondary N) is 1. The van der Waals surface area contributed by atoms with Gasteiger partial charge in [0, 0.05) is 20.1 Å². The second-order valence-corrected chi connectivity index (χ2v) is 3.84. The molecule has 0 aromatic carbocycles. The smallest absolute Gasteiger partial charge is 0.326 e. The van der Waals surface area contributed by atoms with Gasteiger partial charge in [0.2, 0.25) is 5.91 Å². The molecule has 0 saturated heterocycles. The number of nitrogens with two attached hydrogens (primary N) is 1. The first-order valence-electron chi connectivity index (χ1n) is 5.83. The summed E-state index contributed by atoms with van der Waals surface area (Å²) in [6.45, 7) is 1.04. The molecule has 0 saturated carbocycles. The summed E-state index contributed by atoms with van der Waals surface area (Å²) in [5.41, 5.74) is 5.31. The van der Waals surface area contributed by atoms with E-state index >= 15 is 0 Å². The number of hydrogen-bond acceptors (Lipinski definition) is 4. The second kappa shape index (κ2) is 10.0. The third kappa shape index (κ3) is 8.65. The highest BCUT2D eigenvalue weighted by Crippen LogP contribution is 2.00. The van der Waals surface area contributed by atoms with Crippen molar-refractivity contribution in [3.63, 3.8) is 0 Å². The molecule has 0 rings (SSSR count). The van der Waals surface area contributed by atoms with Crippen LogP contribution >= 0.6 is 0 Å². The summed E-state index contributed by atoms with van der Waals surface area (Å²) in [6.07, 6.45) is 2.77. The quantitative estimate of drug-likeness (QED) is 0.475. The number of carboxylic acids is 1. The van der Waals surface area contributed by atoms with Gasteiger partial charge >= 0.3 is 5.97 Å². The maximum Gasteiger partial charge on any atom is 0.326 e. The molecule has 0 spiro atoms. The van der Waals surface area contributed by atoms with Crippen LogP contribution in [0.3, 0.4) is 0 Å². The van der Waals surface area contributed by atoms with E-state index in [1.54, 1.807) is 7.11 Å². The Hall–Kier alpha value is -1.14. The van der Waals surface area contributed by atoms with Crippen LogP contribution in [0.5, 0.6) is 0 Å². The Morgan fingerprint density at radius 2 is 2.06 bits per heavy atom. The van der Waals surface area contributed by atoms with Gasteiger partial charge < -0.3 is 20.9 Å². The van der Waals surface area contributed by atoms with Crippen molar-refractivity contribution >= 4 is 11.9 Å². The standard InChI is InChI=1S/C11H22N2O4/c1-17-8-4-5-9(11(15)16)13-10(14)6-2-3-7-12/h9H,2-8,12H2,1H3,(H,13,14)(H,15,16). The van der Waals surface area contributed by atoms with Crippen molar-refractivity contribution in [3.05, 3.63) is 0 Å². The molecule has 1 atom stereocenters. The largest absolute Gasteiger partial charge is 0.480 e. The molecule has 0 heterocycles. The zero-order valence-corrected chi connectivity index (χ0v) is 10.3. The molecule has 0 aliphatic heterocycles. The van der Waals surface area contributed by atoms with E-state index in [1.807, 2.05) is 0 Å². The van der Waals surface area contributed by atoms with Gasteiger partial charge in [-0.1, -0.05) is 0 Å². The molecule has 100 valence electrons. The number of amides is 1. The van der Waals surface area contributed by atoms with Gasteiger partial charge in [-0.05, 0) is 32.2 Å². The number of methoxy groups -OCH3 is 1. The van der Waals surface area contributed by atoms with E-state index in [-0.39, 0.29) is 5.91 Å². The van der Waals surface area contributed by atoms with Gasteiger partial charge in [-0.15, -0.1) is 0 Å². The van der Waals surface area contributed by atoms with Crippen LogP contribution in [0, 0.1) is 0 Å². The maximum absolute atomic E-state index is 11.4. The molecule has 1 unspecified atom stereocenters. The van der Waals surface area contributed by atoms with E-state index in [4.69, 9.17) is 15.6 Å². The molecule has 0 bridgehead atoms. The molecule has 1 amide bonds. The normalized spacial score (nSPS) is 12.1. The number of aliphatic carboxylic acids is 1. The zero-order chi connectivity index (χ0) is 13.1. The van der Waals surface area contributed by atoms with E-state index in [2.05, 4.69) is 5.32 Å². The van der Waals surface area contributed by atoms with Gasteiger partial charge in [0.1, 0.15) is 6.04 Å². The predicted molar refractivity (Wildman–Crippen MR) is 63.6 cm³/mol. The van der Waals surface area contributed by atoms with Crippen LogP contribution in [0.2, 0.25) is 0 Å². The van der Waals surface area contributed by atoms with Gasteiger partial charge in [-0.3, -0.25) is 4.79 Å². The van der Waals surface area contributed by atoms with Crippen LogP contribution in [0.4, 0.5) is 0 Å². The molecule has 6 heteroatoms. The molecular formula is C11H22N2O4. The molecule has 0 aliphatic rings. The van der Waals surface area contributed by atoms with Crippen LogP contribution < -0.4 is 11.1 Å². The molecule has 0 aliphatic carbocycles. The number of rotatable bonds is 10. The van der Waals surface area contributed by atoms with Crippen molar-refractivity contribution in [1.29, 1.82) is 0 Å². The van der Waals surface area contributed by atoms with E-state index < -0.39 is 12.0 Å². The highest BCUT2D eigenvalue weighted by molar-refractivity contribution is 5.83. The first-order chi connectivity index (χ1) is 8.11. The summed E-state index contributed by atoms with van der Waals surface area (Å²) in [5.74, 6) is -1.24. The average molecular weight is 246 g/mol. The molecule has 17 heavy (non-hydrogen) atoms. The Morgan fingerprint density at radius 1 is 1.35 bits per heavy atom. The number of carboxylic acid groups (broad SMARTS) is 1. The highest BCUT2D eigenvalue weighted by atomic mass is 16.5. The third-order valence-electron chi connectivity index (χ3n) is 2.33. The molecule has 4 N–H and O–H groups in total. The minimum atomic E-state index is -1.01. The molecule has 0 radical (unpaired) electrons. The number of carbonyl (C=O) groups is 2. The fourth-order valence-corrected chi connectivity index (χ4v) is 1.39. The number of hydrogen-bond donors (Lipinski definition) is 3. The third-order valence-corrected chi connectivity index (χ3v) is 2.33. The first kappa shape index (κ1) is 15.9. The number of ether oxygens (including phenoxy) is 1. The van der Waals surface area contributed by atoms with E-state index in [9.17, 15) is 9.59 Å². The lowest BCUT2D eigenvalue weighted by Crippen LogP contribution is -2.40. The summed E-state index contributed by atoms with van der Waals surface area (Å²) in [7, 11) is 1.56. The van der Waals surface area contributed by atoms with E-state index in [1.165, 1.54) is 0 Å². The Morgan fingerprint density at radius 3 is 2.59 bits per heavy atom. The maximum atomic E-state index is 11.4. The van der Waals surface area contributed by atoms with Crippen LogP contribution in [0.25, 0.3) is 0 Å². The van der Waals surface area contributed by atoms with Gasteiger partial charge in [0.05, 0.1) is 0 Å². The summed E-state index contributed by atoms with van der Waals surface area (Å²) in [4.78, 5) is 22.3. The monoisotopic (exact) mass is 246 g/mol. The fourth-order valence-electron chi connectivity index (χ4n) is 1.39. The van der Waals surface area contributed by atoms with Crippen molar-refractivity contribution in [3.8, 4) is 0 Å². The molecule has 0 fully saturated rings. The van der Waals surface area contributed by atoms with E-state index in [0.29, 0.717) is 38.8 Å². The lowest BCUT2D eigenvalue weighted by molar-refractivity contribution is -0.142. The average Bonchev–Trinajstić information content (AvgIpc) is 2.28. The van der Waals surface area contributed by atoms with Crippen molar-refractivity contribution < 1.29 is 19.4 Å². The number of carbonyl (C=O) groups excluding carboxylic acids is 1. The van der Waals surface area contributed by atoms with Crippen molar-refractivity contribution in [2.24, 2.45) is 5.73 Å². The van der Waals surface area contributed by atoms with Crippen LogP contribution in [-0.4, -0.2) is 43.3 Å². The van der Waals surface area contributed by atoms with Crippen LogP contribution in [0.15, 0.2) is 0 Å². The summed E-state index contributed by atoms with van der Waals surface area (Å²) >= 11 is 0. The van der Waals surface area contributed by atoms with Gasteiger partial charge in [-0.2, -0.15) is 0 Å². The van der Waals surface area contributed by atoms with E-state index in [0.717, 1.165) is 6.42 Å². The first-order valence-corrected chi connectivity index (χ1v) is 5.83. The van der Waals surface area contributed by atoms with Crippen molar-refractivity contribution in [1.82, 2.24) is 5.32 Å². The highest BCUT2D eigenvalue weighted by Gasteiger charge is 2.18. The molecule has 6 nitrogen and oxygen atoms in total. The molecule has 0 aromatic rings. The second-order valence-electron chi connectivity index (χ2n) is 3.84. The Kier molecular flexibility index (Phi) is 9.37. The minimum Gasteiger partial charge on any atom is -0.480 e. The zero-order valence-electron chi connectivity index (χ0n) is 10.3. The van der Waals surface area contributed by atoms with Gasteiger partial charge in [0.15, 0.2) is 0 Å². The Balaban J connectivity index is 3.89. The molecule has 0 aromatic heterocycles. The van der Waals surface area contributed by atoms with Gasteiger partial charge in [0.25, 0.3) is 0 Å². The summed E-state index contributed by atoms with van der Waals surface area (Å²) in [6, 6.07) is -0.824. The predicted octanol–water partition coefficient (Wildman–Crippen LogP) is 0.111. The fraction of sp³-hybridized carbons (Fsp3) is 0.818. The lowest BCUT2D eigenvalue weighted by atomic mass is 10.1. The summed E-state index contributed by atoms with van der Waals surface area (Å²) < 4.78 is 4.84. The van der Waals surface area contributed by atoms with Crippen LogP contribution in [0.1, 0.15) is 32.1 Å². The molecular weight excluding hydrogens is 224 g/mol. The summed E-state index contributed by atoms with van der Waals surface area (Å²) in [5, 5.41) is 11.4. The van der Waals surface area contributed by atoms with Crippen molar-refractivity contribution in [2.75, 3.05) is 20.3 Å². The van der Waals surface area contributed by atoms with Gasteiger partial charge in [-0.25, -0.2) is 4.79 Å². The van der Waals surface area contributed by atoms with Crippen LogP contribution in [-0.2, 0) is 14.3 Å². The lowest BCUT2D eigenvalue weighted by Gasteiger charge is -2.14. The topological polar surface area (TPSA) is 102 Å². The number of unbranched alkanes of at least 4 members (excludes halogenated alkanes) is 1.